The van der Waals surface area contributed by atoms with Crippen LogP contribution in [0.5, 0.6) is 0 Å². The van der Waals surface area contributed by atoms with Crippen LogP contribution in [-0.2, 0) is 9.53 Å². The van der Waals surface area contributed by atoms with Gasteiger partial charge in [0.05, 0.1) is 5.41 Å². The molecule has 0 bridgehead atoms. The van der Waals surface area contributed by atoms with Gasteiger partial charge in [-0.15, -0.1) is 0 Å². The van der Waals surface area contributed by atoms with E-state index in [0.717, 1.165) is 16.7 Å². The summed E-state index contributed by atoms with van der Waals surface area (Å²) in [5, 5.41) is 0. The average Bonchev–Trinajstić information content (AvgIpc) is 2.56. The van der Waals surface area contributed by atoms with Crippen molar-refractivity contribution >= 4 is 11.5 Å². The normalized spacial score (nSPS) is 19.0. The van der Waals surface area contributed by atoms with Crippen molar-refractivity contribution in [3.05, 3.63) is 42.0 Å². The van der Waals surface area contributed by atoms with Crippen LogP contribution in [0, 0.1) is 5.41 Å². The maximum Gasteiger partial charge on any atom is 0.311 e. The predicted octanol–water partition coefficient (Wildman–Crippen LogP) is 3.73. The molecule has 0 radical (unpaired) electrons. The molecule has 0 saturated carbocycles. The second kappa shape index (κ2) is 4.02. The minimum Gasteiger partial charge on any atom is -0.457 e. The van der Waals surface area contributed by atoms with Gasteiger partial charge in [-0.25, -0.2) is 0 Å². The monoisotopic (exact) mass is 230 g/mol. The molecular weight excluding hydrogens is 212 g/mol. The Bertz CT molecular complexity index is 466. The van der Waals surface area contributed by atoms with Crippen LogP contribution in [0.3, 0.4) is 0 Å². The van der Waals surface area contributed by atoms with Crippen LogP contribution in [0.25, 0.3) is 5.57 Å². The Morgan fingerprint density at radius 1 is 1.35 bits per heavy atom. The third-order valence-electron chi connectivity index (χ3n) is 2.98. The third kappa shape index (κ3) is 2.26. The van der Waals surface area contributed by atoms with E-state index in [1.165, 1.54) is 0 Å². The summed E-state index contributed by atoms with van der Waals surface area (Å²) in [6.07, 6.45) is 0.548. The third-order valence-corrected chi connectivity index (χ3v) is 2.98. The van der Waals surface area contributed by atoms with E-state index in [-0.39, 0.29) is 12.1 Å². The van der Waals surface area contributed by atoms with Gasteiger partial charge in [0.1, 0.15) is 6.10 Å². The zero-order valence-corrected chi connectivity index (χ0v) is 10.6. The number of hydrogen-bond acceptors (Lipinski definition) is 2. The van der Waals surface area contributed by atoms with Crippen LogP contribution in [0.15, 0.2) is 30.8 Å². The molecule has 1 aliphatic carbocycles. The molecule has 1 atom stereocenters. The van der Waals surface area contributed by atoms with Gasteiger partial charge in [-0.05, 0) is 31.9 Å². The maximum absolute atomic E-state index is 11.9. The number of esters is 1. The van der Waals surface area contributed by atoms with Gasteiger partial charge in [-0.1, -0.05) is 30.8 Å². The molecular formula is C15H18O2. The first kappa shape index (κ1) is 11.9. The van der Waals surface area contributed by atoms with Gasteiger partial charge in [0.25, 0.3) is 0 Å². The van der Waals surface area contributed by atoms with Crippen molar-refractivity contribution in [1.82, 2.24) is 0 Å². The fourth-order valence-electron chi connectivity index (χ4n) is 1.95. The van der Waals surface area contributed by atoms with Crippen LogP contribution in [-0.4, -0.2) is 5.97 Å². The summed E-state index contributed by atoms with van der Waals surface area (Å²) in [5.41, 5.74) is 2.79. The van der Waals surface area contributed by atoms with Crippen LogP contribution < -0.4 is 0 Å². The first-order chi connectivity index (χ1) is 7.89. The number of rotatable bonds is 1. The van der Waals surface area contributed by atoms with E-state index in [1.54, 1.807) is 0 Å². The molecule has 2 heteroatoms. The lowest BCUT2D eigenvalue weighted by atomic mass is 9.97. The van der Waals surface area contributed by atoms with Gasteiger partial charge in [0.15, 0.2) is 0 Å². The van der Waals surface area contributed by atoms with Crippen LogP contribution in [0.2, 0.25) is 0 Å². The maximum atomic E-state index is 11.9. The van der Waals surface area contributed by atoms with E-state index < -0.39 is 5.41 Å². The first-order valence-electron chi connectivity index (χ1n) is 5.88. The summed E-state index contributed by atoms with van der Waals surface area (Å²) in [6.45, 7) is 9.62. The summed E-state index contributed by atoms with van der Waals surface area (Å²) >= 11 is 0. The average molecular weight is 230 g/mol. The molecule has 1 aromatic carbocycles. The number of benzene rings is 1. The quantitative estimate of drug-likeness (QED) is 0.687. The highest BCUT2D eigenvalue weighted by Crippen LogP contribution is 2.41. The summed E-state index contributed by atoms with van der Waals surface area (Å²) in [6, 6.07) is 7.99. The molecule has 1 aliphatic rings. The molecule has 0 amide bonds. The SMILES string of the molecule is C=C1CC(OC(=O)C(C)(C)C)c2ccccc21. The fraction of sp³-hybridized carbons (Fsp3) is 0.400. The van der Waals surface area contributed by atoms with E-state index in [0.29, 0.717) is 6.42 Å². The number of carbonyl (C=O) groups is 1. The highest BCUT2D eigenvalue weighted by molar-refractivity contribution is 5.78. The number of carbonyl (C=O) groups excluding carboxylic acids is 1. The summed E-state index contributed by atoms with van der Waals surface area (Å²) in [7, 11) is 0. The van der Waals surface area contributed by atoms with E-state index in [1.807, 2.05) is 45.0 Å². The van der Waals surface area contributed by atoms with Gasteiger partial charge < -0.3 is 4.74 Å². The van der Waals surface area contributed by atoms with Gasteiger partial charge in [0, 0.05) is 12.0 Å². The largest absolute Gasteiger partial charge is 0.457 e. The Balaban J connectivity index is 2.21. The minimum atomic E-state index is -0.459. The molecule has 0 heterocycles. The Morgan fingerprint density at radius 2 is 2.00 bits per heavy atom. The van der Waals surface area contributed by atoms with E-state index in [2.05, 4.69) is 6.58 Å². The molecule has 0 spiro atoms. The van der Waals surface area contributed by atoms with Crippen molar-refractivity contribution in [2.24, 2.45) is 5.41 Å². The molecule has 0 N–H and O–H groups in total. The highest BCUT2D eigenvalue weighted by atomic mass is 16.5. The molecule has 17 heavy (non-hydrogen) atoms. The molecule has 0 fully saturated rings. The van der Waals surface area contributed by atoms with Crippen LogP contribution >= 0.6 is 0 Å². The molecule has 0 aliphatic heterocycles. The minimum absolute atomic E-state index is 0.160. The second-order valence-electron chi connectivity index (χ2n) is 5.54. The molecule has 2 rings (SSSR count). The Morgan fingerprint density at radius 3 is 2.65 bits per heavy atom. The lowest BCUT2D eigenvalue weighted by molar-refractivity contribution is -0.158. The predicted molar refractivity (Wildman–Crippen MR) is 68.4 cm³/mol. The van der Waals surface area contributed by atoms with Crippen molar-refractivity contribution in [3.63, 3.8) is 0 Å². The van der Waals surface area contributed by atoms with Gasteiger partial charge in [-0.2, -0.15) is 0 Å². The second-order valence-corrected chi connectivity index (χ2v) is 5.54. The summed E-state index contributed by atoms with van der Waals surface area (Å²) in [4.78, 5) is 11.9. The van der Waals surface area contributed by atoms with Gasteiger partial charge >= 0.3 is 5.97 Å². The van der Waals surface area contributed by atoms with Crippen LogP contribution in [0.4, 0.5) is 0 Å². The smallest absolute Gasteiger partial charge is 0.311 e. The van der Waals surface area contributed by atoms with E-state index in [9.17, 15) is 4.79 Å². The number of hydrogen-bond donors (Lipinski definition) is 0. The van der Waals surface area contributed by atoms with Crippen molar-refractivity contribution in [1.29, 1.82) is 0 Å². The highest BCUT2D eigenvalue weighted by Gasteiger charge is 2.32. The topological polar surface area (TPSA) is 26.3 Å². The molecule has 0 aromatic heterocycles. The van der Waals surface area contributed by atoms with Crippen molar-refractivity contribution < 1.29 is 9.53 Å². The fourth-order valence-corrected chi connectivity index (χ4v) is 1.95. The lowest BCUT2D eigenvalue weighted by Gasteiger charge is -2.20. The molecule has 0 saturated heterocycles. The number of fused-ring (bicyclic) bond motifs is 1. The lowest BCUT2D eigenvalue weighted by Crippen LogP contribution is -2.24. The number of ether oxygens (including phenoxy) is 1. The van der Waals surface area contributed by atoms with Crippen molar-refractivity contribution in [2.45, 2.75) is 33.3 Å². The van der Waals surface area contributed by atoms with Gasteiger partial charge in [0.2, 0.25) is 0 Å². The molecule has 2 nitrogen and oxygen atoms in total. The molecule has 90 valence electrons. The standard InChI is InChI=1S/C15H18O2/c1-10-9-13(17-14(16)15(2,3)4)12-8-6-5-7-11(10)12/h5-8,13H,1,9H2,2-4H3. The summed E-state index contributed by atoms with van der Waals surface area (Å²) < 4.78 is 5.57. The first-order valence-corrected chi connectivity index (χ1v) is 5.88. The summed E-state index contributed by atoms with van der Waals surface area (Å²) in [5.74, 6) is -0.160. The van der Waals surface area contributed by atoms with Gasteiger partial charge in [-0.3, -0.25) is 4.79 Å². The Hall–Kier alpha value is -1.57. The molecule has 1 aromatic rings. The zero-order chi connectivity index (χ0) is 12.6. The Kier molecular flexibility index (Phi) is 2.82. The zero-order valence-electron chi connectivity index (χ0n) is 10.6. The van der Waals surface area contributed by atoms with E-state index >= 15 is 0 Å². The van der Waals surface area contributed by atoms with Crippen molar-refractivity contribution in [2.75, 3.05) is 0 Å². The van der Waals surface area contributed by atoms with Crippen LogP contribution in [0.1, 0.15) is 44.4 Å². The van der Waals surface area contributed by atoms with Crippen molar-refractivity contribution in [3.8, 4) is 0 Å². The molecule has 1 unspecified atom stereocenters. The Labute approximate surface area is 102 Å². The van der Waals surface area contributed by atoms with E-state index in [4.69, 9.17) is 4.74 Å².